The number of nitro groups is 1. The quantitative estimate of drug-likeness (QED) is 0.408. The van der Waals surface area contributed by atoms with Crippen molar-refractivity contribution >= 4 is 22.2 Å². The third-order valence-corrected chi connectivity index (χ3v) is 3.97. The van der Waals surface area contributed by atoms with E-state index in [1.807, 2.05) is 31.3 Å². The summed E-state index contributed by atoms with van der Waals surface area (Å²) in [7, 11) is 0. The second kappa shape index (κ2) is 4.91. The molecule has 0 bridgehead atoms. The van der Waals surface area contributed by atoms with E-state index >= 15 is 0 Å². The number of benzene rings is 2. The van der Waals surface area contributed by atoms with Crippen molar-refractivity contribution in [2.24, 2.45) is 0 Å². The molecule has 0 N–H and O–H groups in total. The Kier molecular flexibility index (Phi) is 2.87. The lowest BCUT2D eigenvalue weighted by Gasteiger charge is -2.09. The SMILES string of the molecule is Cc1ccc2c(c1)nc(-c1ccc([N+](=O)[O-])cc1)c1cccn12. The summed E-state index contributed by atoms with van der Waals surface area (Å²) >= 11 is 0. The van der Waals surface area contributed by atoms with Gasteiger partial charge >= 0.3 is 0 Å². The largest absolute Gasteiger partial charge is 0.313 e. The van der Waals surface area contributed by atoms with Crippen molar-refractivity contribution in [1.29, 1.82) is 0 Å². The van der Waals surface area contributed by atoms with Crippen molar-refractivity contribution in [3.05, 3.63) is 76.5 Å². The minimum Gasteiger partial charge on any atom is -0.313 e. The van der Waals surface area contributed by atoms with Gasteiger partial charge in [-0.25, -0.2) is 4.98 Å². The highest BCUT2D eigenvalue weighted by Crippen LogP contribution is 2.28. The van der Waals surface area contributed by atoms with Gasteiger partial charge in [-0.3, -0.25) is 10.1 Å². The molecular weight excluding hydrogens is 290 g/mol. The van der Waals surface area contributed by atoms with Gasteiger partial charge in [-0.15, -0.1) is 0 Å². The van der Waals surface area contributed by atoms with E-state index in [9.17, 15) is 10.1 Å². The van der Waals surface area contributed by atoms with Crippen LogP contribution >= 0.6 is 0 Å². The fraction of sp³-hybridized carbons (Fsp3) is 0.0556. The summed E-state index contributed by atoms with van der Waals surface area (Å²) < 4.78 is 2.10. The number of non-ortho nitro benzene ring substituents is 1. The molecule has 0 aliphatic heterocycles. The normalized spacial score (nSPS) is 11.2. The van der Waals surface area contributed by atoms with E-state index in [4.69, 9.17) is 4.98 Å². The van der Waals surface area contributed by atoms with Crippen LogP contribution in [-0.2, 0) is 0 Å². The number of nitrogens with zero attached hydrogens (tertiary/aromatic N) is 3. The van der Waals surface area contributed by atoms with Gasteiger partial charge < -0.3 is 4.40 Å². The number of aryl methyl sites for hydroxylation is 1. The molecule has 4 aromatic rings. The van der Waals surface area contributed by atoms with Gasteiger partial charge in [-0.2, -0.15) is 0 Å². The summed E-state index contributed by atoms with van der Waals surface area (Å²) in [5.74, 6) is 0. The van der Waals surface area contributed by atoms with Crippen molar-refractivity contribution < 1.29 is 4.92 Å². The lowest BCUT2D eigenvalue weighted by atomic mass is 10.1. The third kappa shape index (κ3) is 2.14. The van der Waals surface area contributed by atoms with Gasteiger partial charge in [-0.1, -0.05) is 6.07 Å². The predicted octanol–water partition coefficient (Wildman–Crippen LogP) is 4.37. The highest BCUT2D eigenvalue weighted by Gasteiger charge is 2.12. The van der Waals surface area contributed by atoms with Gasteiger partial charge in [0.15, 0.2) is 0 Å². The molecular formula is C18H13N3O2. The maximum Gasteiger partial charge on any atom is 0.269 e. The lowest BCUT2D eigenvalue weighted by molar-refractivity contribution is -0.384. The Labute approximate surface area is 132 Å². The molecule has 0 aliphatic carbocycles. The van der Waals surface area contributed by atoms with Crippen LogP contribution in [0.2, 0.25) is 0 Å². The Hall–Kier alpha value is -3.21. The van der Waals surface area contributed by atoms with E-state index in [2.05, 4.69) is 16.5 Å². The van der Waals surface area contributed by atoms with E-state index in [0.717, 1.165) is 33.4 Å². The first-order valence-corrected chi connectivity index (χ1v) is 7.26. The molecule has 0 saturated heterocycles. The van der Waals surface area contributed by atoms with E-state index in [1.165, 1.54) is 12.1 Å². The monoisotopic (exact) mass is 303 g/mol. The van der Waals surface area contributed by atoms with Crippen LogP contribution in [0.15, 0.2) is 60.8 Å². The number of nitro benzene ring substituents is 1. The van der Waals surface area contributed by atoms with Gasteiger partial charge in [0, 0.05) is 23.9 Å². The molecule has 2 heterocycles. The first kappa shape index (κ1) is 13.5. The zero-order valence-electron chi connectivity index (χ0n) is 12.4. The molecule has 0 aliphatic rings. The Morgan fingerprint density at radius 1 is 1.04 bits per heavy atom. The molecule has 2 aromatic heterocycles. The fourth-order valence-electron chi connectivity index (χ4n) is 2.84. The Morgan fingerprint density at radius 3 is 2.57 bits per heavy atom. The second-order valence-corrected chi connectivity index (χ2v) is 5.52. The molecule has 2 aromatic carbocycles. The molecule has 0 amide bonds. The van der Waals surface area contributed by atoms with Gasteiger partial charge in [0.05, 0.1) is 27.2 Å². The lowest BCUT2D eigenvalue weighted by Crippen LogP contribution is -1.95. The van der Waals surface area contributed by atoms with Crippen LogP contribution in [0.5, 0.6) is 0 Å². The number of fused-ring (bicyclic) bond motifs is 3. The second-order valence-electron chi connectivity index (χ2n) is 5.52. The van der Waals surface area contributed by atoms with Gasteiger partial charge in [0.25, 0.3) is 5.69 Å². The standard InChI is InChI=1S/C18H13N3O2/c1-12-4-9-16-15(11-12)19-18(17-3-2-10-20(16)17)13-5-7-14(8-6-13)21(22)23/h2-11H,1H3. The predicted molar refractivity (Wildman–Crippen MR) is 89.5 cm³/mol. The molecule has 0 saturated carbocycles. The summed E-state index contributed by atoms with van der Waals surface area (Å²) in [4.78, 5) is 15.2. The zero-order valence-corrected chi connectivity index (χ0v) is 12.4. The average molecular weight is 303 g/mol. The molecule has 5 heteroatoms. The minimum atomic E-state index is -0.395. The number of hydrogen-bond acceptors (Lipinski definition) is 3. The summed E-state index contributed by atoms with van der Waals surface area (Å²) in [5, 5.41) is 10.8. The van der Waals surface area contributed by atoms with Crippen molar-refractivity contribution in [3.8, 4) is 11.3 Å². The van der Waals surface area contributed by atoms with Crippen molar-refractivity contribution in [3.63, 3.8) is 0 Å². The maximum absolute atomic E-state index is 10.8. The fourth-order valence-corrected chi connectivity index (χ4v) is 2.84. The number of hydrogen-bond donors (Lipinski definition) is 0. The Morgan fingerprint density at radius 2 is 1.83 bits per heavy atom. The first-order valence-electron chi connectivity index (χ1n) is 7.26. The molecule has 4 rings (SSSR count). The Bertz CT molecular complexity index is 1050. The van der Waals surface area contributed by atoms with E-state index < -0.39 is 4.92 Å². The number of rotatable bonds is 2. The van der Waals surface area contributed by atoms with Crippen LogP contribution in [0.1, 0.15) is 5.56 Å². The van der Waals surface area contributed by atoms with Crippen LogP contribution in [-0.4, -0.2) is 14.3 Å². The average Bonchev–Trinajstić information content (AvgIpc) is 3.03. The van der Waals surface area contributed by atoms with E-state index in [0.29, 0.717) is 0 Å². The molecule has 0 spiro atoms. The first-order chi connectivity index (χ1) is 11.1. The summed E-state index contributed by atoms with van der Waals surface area (Å²) in [6.45, 7) is 2.03. The zero-order chi connectivity index (χ0) is 16.0. The maximum atomic E-state index is 10.8. The Balaban J connectivity index is 2.00. The van der Waals surface area contributed by atoms with E-state index in [1.54, 1.807) is 12.1 Å². The highest BCUT2D eigenvalue weighted by atomic mass is 16.6. The molecule has 23 heavy (non-hydrogen) atoms. The van der Waals surface area contributed by atoms with Crippen LogP contribution in [0.25, 0.3) is 27.8 Å². The third-order valence-electron chi connectivity index (χ3n) is 3.97. The van der Waals surface area contributed by atoms with Crippen LogP contribution in [0.4, 0.5) is 5.69 Å². The van der Waals surface area contributed by atoms with Crippen molar-refractivity contribution in [1.82, 2.24) is 9.38 Å². The smallest absolute Gasteiger partial charge is 0.269 e. The minimum absolute atomic E-state index is 0.0804. The number of aromatic nitrogens is 2. The molecule has 0 radical (unpaired) electrons. The molecule has 5 nitrogen and oxygen atoms in total. The summed E-state index contributed by atoms with van der Waals surface area (Å²) in [6, 6.07) is 16.7. The molecule has 112 valence electrons. The van der Waals surface area contributed by atoms with Gasteiger partial charge in [-0.05, 0) is 48.9 Å². The molecule has 0 unspecified atom stereocenters. The molecule has 0 atom stereocenters. The van der Waals surface area contributed by atoms with Crippen LogP contribution in [0, 0.1) is 17.0 Å². The van der Waals surface area contributed by atoms with Crippen LogP contribution < -0.4 is 0 Å². The summed E-state index contributed by atoms with van der Waals surface area (Å²) in [6.07, 6.45) is 2.00. The van der Waals surface area contributed by atoms with Gasteiger partial charge in [0.1, 0.15) is 0 Å². The summed E-state index contributed by atoms with van der Waals surface area (Å²) in [5.41, 5.74) is 5.84. The van der Waals surface area contributed by atoms with Crippen molar-refractivity contribution in [2.75, 3.05) is 0 Å². The highest BCUT2D eigenvalue weighted by molar-refractivity contribution is 5.88. The van der Waals surface area contributed by atoms with Crippen LogP contribution in [0.3, 0.4) is 0 Å². The van der Waals surface area contributed by atoms with Crippen molar-refractivity contribution in [2.45, 2.75) is 6.92 Å². The molecule has 0 fully saturated rings. The van der Waals surface area contributed by atoms with E-state index in [-0.39, 0.29) is 5.69 Å². The van der Waals surface area contributed by atoms with Gasteiger partial charge in [0.2, 0.25) is 0 Å². The topological polar surface area (TPSA) is 60.4 Å².